The number of aryl methyl sites for hydroxylation is 2. The van der Waals surface area contributed by atoms with Gasteiger partial charge in [0.1, 0.15) is 0 Å². The lowest BCUT2D eigenvalue weighted by Crippen LogP contribution is -2.21. The van der Waals surface area contributed by atoms with Crippen molar-refractivity contribution < 1.29 is 0 Å². The maximum atomic E-state index is 2.31. The predicted octanol–water partition coefficient (Wildman–Crippen LogP) is 1.67. The van der Waals surface area contributed by atoms with Crippen molar-refractivity contribution in [1.29, 1.82) is 0 Å². The number of hydrogen-bond donors (Lipinski definition) is 0. The Hall–Kier alpha value is -1.50. The molecule has 0 saturated carbocycles. The highest BCUT2D eigenvalue weighted by Gasteiger charge is 2.18. The summed E-state index contributed by atoms with van der Waals surface area (Å²) in [7, 11) is 1.11. The molecule has 2 aromatic rings. The summed E-state index contributed by atoms with van der Waals surface area (Å²) in [6.45, 7) is 4.32. The monoisotopic (exact) mass is 192 g/mol. The highest BCUT2D eigenvalue weighted by atomic mass is 14.1. The van der Waals surface area contributed by atoms with E-state index in [0.29, 0.717) is 0 Å². The first-order valence-electron chi connectivity index (χ1n) is 5.43. The third kappa shape index (κ3) is 1.31. The second-order valence-corrected chi connectivity index (χ2v) is 4.50. The van der Waals surface area contributed by atoms with Crippen LogP contribution >= 0.6 is 0 Å². The lowest BCUT2D eigenvalue weighted by molar-refractivity contribution is 1.48. The first kappa shape index (κ1) is 8.78. The molecule has 2 aromatic carbocycles. The number of benzene rings is 2. The Balaban J connectivity index is 2.24. The van der Waals surface area contributed by atoms with E-state index in [9.17, 15) is 0 Å². The molecule has 0 radical (unpaired) electrons. The van der Waals surface area contributed by atoms with Gasteiger partial charge in [0.25, 0.3) is 0 Å². The van der Waals surface area contributed by atoms with Crippen LogP contribution in [0.1, 0.15) is 11.1 Å². The Morgan fingerprint density at radius 1 is 0.733 bits per heavy atom. The third-order valence-electron chi connectivity index (χ3n) is 3.19. The van der Waals surface area contributed by atoms with Crippen molar-refractivity contribution in [2.75, 3.05) is 0 Å². The van der Waals surface area contributed by atoms with Gasteiger partial charge in [0.2, 0.25) is 0 Å². The Kier molecular flexibility index (Phi) is 1.75. The van der Waals surface area contributed by atoms with E-state index in [-0.39, 0.29) is 0 Å². The summed E-state index contributed by atoms with van der Waals surface area (Å²) >= 11 is 0. The minimum Gasteiger partial charge on any atom is -0.0706 e. The van der Waals surface area contributed by atoms with Crippen LogP contribution in [0.2, 0.25) is 0 Å². The second kappa shape index (κ2) is 3.00. The average Bonchev–Trinajstić information content (AvgIpc) is 2.53. The molecule has 0 atom stereocenters. The molecule has 1 heteroatoms. The topological polar surface area (TPSA) is 0 Å². The summed E-state index contributed by atoms with van der Waals surface area (Å²) in [4.78, 5) is 0. The molecule has 0 aromatic heterocycles. The number of hydrogen-bond acceptors (Lipinski definition) is 0. The van der Waals surface area contributed by atoms with Gasteiger partial charge in [-0.25, -0.2) is 0 Å². The maximum absolute atomic E-state index is 2.31. The summed E-state index contributed by atoms with van der Waals surface area (Å²) in [5, 5.41) is 0. The van der Waals surface area contributed by atoms with Crippen LogP contribution in [0.3, 0.4) is 0 Å². The molecule has 0 amide bonds. The molecule has 0 unspecified atom stereocenters. The van der Waals surface area contributed by atoms with E-state index in [1.165, 1.54) is 33.2 Å². The summed E-state index contributed by atoms with van der Waals surface area (Å²) in [5.41, 5.74) is 8.54. The molecule has 1 heterocycles. The summed E-state index contributed by atoms with van der Waals surface area (Å²) in [6.07, 6.45) is 0. The normalized spacial score (nSPS) is 11.9. The highest BCUT2D eigenvalue weighted by molar-refractivity contribution is 6.73. The number of rotatable bonds is 0. The van der Waals surface area contributed by atoms with Crippen LogP contribution in [0.25, 0.3) is 11.1 Å². The minimum atomic E-state index is 1.11. The van der Waals surface area contributed by atoms with Gasteiger partial charge in [0.05, 0.1) is 0 Å². The lowest BCUT2D eigenvalue weighted by Gasteiger charge is -2.02. The van der Waals surface area contributed by atoms with Crippen LogP contribution in [0, 0.1) is 13.8 Å². The van der Waals surface area contributed by atoms with Gasteiger partial charge in [-0.3, -0.25) is 0 Å². The molecule has 0 fully saturated rings. The van der Waals surface area contributed by atoms with E-state index >= 15 is 0 Å². The molecule has 72 valence electrons. The first-order chi connectivity index (χ1) is 7.24. The third-order valence-corrected chi connectivity index (χ3v) is 3.19. The first-order valence-corrected chi connectivity index (χ1v) is 5.43. The summed E-state index contributed by atoms with van der Waals surface area (Å²) in [5.74, 6) is 0. The molecule has 0 bridgehead atoms. The molecule has 0 nitrogen and oxygen atoms in total. The van der Waals surface area contributed by atoms with Crippen molar-refractivity contribution in [2.24, 2.45) is 0 Å². The van der Waals surface area contributed by atoms with Gasteiger partial charge >= 0.3 is 0 Å². The van der Waals surface area contributed by atoms with E-state index < -0.39 is 0 Å². The molecule has 0 aliphatic carbocycles. The van der Waals surface area contributed by atoms with Gasteiger partial charge in [-0.1, -0.05) is 58.5 Å². The number of fused-ring (bicyclic) bond motifs is 3. The van der Waals surface area contributed by atoms with Crippen LogP contribution in [0.15, 0.2) is 36.4 Å². The SMILES string of the molecule is Cc1ccc2c(c1)Bc1cc(C)ccc1-2. The maximum Gasteiger partial charge on any atom is 0.193 e. The zero-order chi connectivity index (χ0) is 10.4. The minimum absolute atomic E-state index is 1.11. The van der Waals surface area contributed by atoms with Crippen molar-refractivity contribution in [3.8, 4) is 11.1 Å². The molecule has 0 saturated heterocycles. The Morgan fingerprint density at radius 3 is 1.67 bits per heavy atom. The van der Waals surface area contributed by atoms with Gasteiger partial charge in [-0.2, -0.15) is 0 Å². The highest BCUT2D eigenvalue weighted by Crippen LogP contribution is 2.20. The van der Waals surface area contributed by atoms with Gasteiger partial charge in [-0.15, -0.1) is 0 Å². The Labute approximate surface area is 91.2 Å². The van der Waals surface area contributed by atoms with Crippen molar-refractivity contribution in [3.05, 3.63) is 47.5 Å². The van der Waals surface area contributed by atoms with Crippen LogP contribution in [0.4, 0.5) is 0 Å². The molecular formula is C14H13B. The van der Waals surface area contributed by atoms with Crippen molar-refractivity contribution >= 4 is 18.2 Å². The fourth-order valence-corrected chi connectivity index (χ4v) is 2.47. The molecular weight excluding hydrogens is 179 g/mol. The largest absolute Gasteiger partial charge is 0.193 e. The van der Waals surface area contributed by atoms with Crippen molar-refractivity contribution in [3.63, 3.8) is 0 Å². The van der Waals surface area contributed by atoms with Crippen LogP contribution in [-0.4, -0.2) is 7.28 Å². The molecule has 0 spiro atoms. The van der Waals surface area contributed by atoms with Gasteiger partial charge in [0, 0.05) is 0 Å². The van der Waals surface area contributed by atoms with Gasteiger partial charge in [0.15, 0.2) is 7.28 Å². The standard InChI is InChI=1S/C14H13B/c1-9-3-5-11-12-6-4-10(2)8-14(12)15-13(11)7-9/h3-8,15H,1-2H3. The molecule has 1 aliphatic rings. The van der Waals surface area contributed by atoms with Crippen LogP contribution in [-0.2, 0) is 0 Å². The lowest BCUT2D eigenvalue weighted by atomic mass is 9.67. The van der Waals surface area contributed by atoms with Crippen LogP contribution in [0.5, 0.6) is 0 Å². The fraction of sp³-hybridized carbons (Fsp3) is 0.143. The average molecular weight is 192 g/mol. The van der Waals surface area contributed by atoms with Gasteiger partial charge < -0.3 is 0 Å². The van der Waals surface area contributed by atoms with Gasteiger partial charge in [-0.05, 0) is 25.0 Å². The van der Waals surface area contributed by atoms with Crippen LogP contribution < -0.4 is 10.9 Å². The summed E-state index contributed by atoms with van der Waals surface area (Å²) < 4.78 is 0. The van der Waals surface area contributed by atoms with Crippen molar-refractivity contribution in [1.82, 2.24) is 0 Å². The molecule has 3 rings (SSSR count). The van der Waals surface area contributed by atoms with E-state index in [1.54, 1.807) is 0 Å². The Morgan fingerprint density at radius 2 is 1.20 bits per heavy atom. The van der Waals surface area contributed by atoms with Crippen molar-refractivity contribution in [2.45, 2.75) is 13.8 Å². The summed E-state index contributed by atoms with van der Waals surface area (Å²) in [6, 6.07) is 13.5. The van der Waals surface area contributed by atoms with E-state index in [2.05, 4.69) is 50.2 Å². The molecule has 15 heavy (non-hydrogen) atoms. The zero-order valence-electron chi connectivity index (χ0n) is 9.17. The van der Waals surface area contributed by atoms with E-state index in [0.717, 1.165) is 7.28 Å². The smallest absolute Gasteiger partial charge is 0.0706 e. The van der Waals surface area contributed by atoms with E-state index in [4.69, 9.17) is 0 Å². The predicted molar refractivity (Wildman–Crippen MR) is 67.8 cm³/mol. The second-order valence-electron chi connectivity index (χ2n) is 4.50. The fourth-order valence-electron chi connectivity index (χ4n) is 2.47. The molecule has 1 aliphatic heterocycles. The zero-order valence-corrected chi connectivity index (χ0v) is 9.17. The Bertz CT molecular complexity index is 492. The van der Waals surface area contributed by atoms with E-state index in [1.807, 2.05) is 0 Å². The molecule has 0 N–H and O–H groups in total. The quantitative estimate of drug-likeness (QED) is 0.475.